The molecule has 3 unspecified atom stereocenters. The number of amides is 2. The molecule has 8 heteroatoms. The van der Waals surface area contributed by atoms with Gasteiger partial charge in [0.2, 0.25) is 0 Å². The van der Waals surface area contributed by atoms with E-state index >= 15 is 0 Å². The second kappa shape index (κ2) is 9.47. The molecule has 0 saturated carbocycles. The summed E-state index contributed by atoms with van der Waals surface area (Å²) in [4.78, 5) is 36.6. The lowest BCUT2D eigenvalue weighted by Gasteiger charge is -2.43. The molecule has 0 aliphatic carbocycles. The van der Waals surface area contributed by atoms with Gasteiger partial charge in [-0.25, -0.2) is 9.97 Å². The van der Waals surface area contributed by atoms with Crippen LogP contribution in [0, 0.1) is 24.7 Å². The normalized spacial score (nSPS) is 20.9. The Hall–Kier alpha value is -3.00. The minimum Gasteiger partial charge on any atom is -0.383 e. The van der Waals surface area contributed by atoms with Crippen molar-refractivity contribution in [2.75, 3.05) is 17.6 Å². The SMILES string of the molecule is Cc1cc(NC(=O)C(=O)N2CC(C)C(CC(C)C)CC2c2ccc3scnc3c2)cnc1N. The van der Waals surface area contributed by atoms with Gasteiger partial charge in [-0.3, -0.25) is 9.59 Å². The van der Waals surface area contributed by atoms with Gasteiger partial charge in [-0.15, -0.1) is 11.3 Å². The van der Waals surface area contributed by atoms with E-state index in [0.717, 1.165) is 34.2 Å². The van der Waals surface area contributed by atoms with Crippen molar-refractivity contribution in [3.63, 3.8) is 0 Å². The van der Waals surface area contributed by atoms with Crippen molar-refractivity contribution in [3.05, 3.63) is 47.1 Å². The minimum absolute atomic E-state index is 0.166. The first-order valence-corrected chi connectivity index (χ1v) is 12.3. The molecule has 1 fully saturated rings. The number of fused-ring (bicyclic) bond motifs is 1. The minimum atomic E-state index is -0.657. The standard InChI is InChI=1S/C25H31N5O2S/c1-14(2)7-18-10-21(17-5-6-22-20(9-17)28-13-33-22)30(12-16(18)4)25(32)24(31)29-19-8-15(3)23(26)27-11-19/h5-6,8-9,11,13-14,16,18,21H,7,10,12H2,1-4H3,(H2,26,27)(H,29,31). The molecule has 2 amide bonds. The van der Waals surface area contributed by atoms with Crippen LogP contribution < -0.4 is 11.1 Å². The fourth-order valence-electron chi connectivity index (χ4n) is 4.76. The highest BCUT2D eigenvalue weighted by Gasteiger charge is 2.39. The van der Waals surface area contributed by atoms with Crippen molar-refractivity contribution >= 4 is 44.9 Å². The molecule has 1 aliphatic heterocycles. The zero-order valence-corrected chi connectivity index (χ0v) is 20.4. The summed E-state index contributed by atoms with van der Waals surface area (Å²) in [6.07, 6.45) is 3.40. The molecule has 0 bridgehead atoms. The Kier molecular flexibility index (Phi) is 6.65. The lowest BCUT2D eigenvalue weighted by atomic mass is 9.76. The number of piperidine rings is 1. The van der Waals surface area contributed by atoms with E-state index in [1.165, 1.54) is 6.20 Å². The molecule has 3 heterocycles. The third-order valence-electron chi connectivity index (χ3n) is 6.54. The number of thiazole rings is 1. The average molecular weight is 466 g/mol. The third kappa shape index (κ3) is 5.00. The summed E-state index contributed by atoms with van der Waals surface area (Å²) in [5, 5.41) is 2.70. The summed E-state index contributed by atoms with van der Waals surface area (Å²) in [6, 6.07) is 7.74. The number of aromatic nitrogens is 2. The maximum absolute atomic E-state index is 13.4. The molecular weight excluding hydrogens is 434 g/mol. The zero-order chi connectivity index (χ0) is 23.7. The van der Waals surface area contributed by atoms with Crippen molar-refractivity contribution in [2.45, 2.75) is 46.6 Å². The van der Waals surface area contributed by atoms with E-state index in [-0.39, 0.29) is 6.04 Å². The van der Waals surface area contributed by atoms with Crippen LogP contribution in [0.5, 0.6) is 0 Å². The monoisotopic (exact) mass is 465 g/mol. The van der Waals surface area contributed by atoms with Crippen molar-refractivity contribution in [1.82, 2.24) is 14.9 Å². The number of carbonyl (C=O) groups is 2. The summed E-state index contributed by atoms with van der Waals surface area (Å²) >= 11 is 1.60. The number of nitrogen functional groups attached to an aromatic ring is 1. The van der Waals surface area contributed by atoms with E-state index in [1.54, 1.807) is 22.3 Å². The highest BCUT2D eigenvalue weighted by molar-refractivity contribution is 7.16. The molecule has 1 saturated heterocycles. The number of anilines is 2. The van der Waals surface area contributed by atoms with E-state index < -0.39 is 11.8 Å². The lowest BCUT2D eigenvalue weighted by molar-refractivity contribution is -0.147. The molecule has 1 aromatic carbocycles. The number of nitrogens with two attached hydrogens (primary N) is 1. The first kappa shape index (κ1) is 23.2. The number of hydrogen-bond acceptors (Lipinski definition) is 6. The summed E-state index contributed by atoms with van der Waals surface area (Å²) in [5.41, 5.74) is 10.8. The second-order valence-electron chi connectivity index (χ2n) is 9.54. The number of benzene rings is 1. The van der Waals surface area contributed by atoms with Gasteiger partial charge in [0.15, 0.2) is 0 Å². The Bertz CT molecular complexity index is 1170. The van der Waals surface area contributed by atoms with Crippen molar-refractivity contribution in [1.29, 1.82) is 0 Å². The fraction of sp³-hybridized carbons (Fsp3) is 0.440. The molecule has 3 atom stereocenters. The Morgan fingerprint density at radius 1 is 1.27 bits per heavy atom. The second-order valence-corrected chi connectivity index (χ2v) is 10.4. The van der Waals surface area contributed by atoms with Gasteiger partial charge in [0.05, 0.1) is 33.7 Å². The van der Waals surface area contributed by atoms with Crippen LogP contribution in [0.3, 0.4) is 0 Å². The number of likely N-dealkylation sites (tertiary alicyclic amines) is 1. The van der Waals surface area contributed by atoms with Crippen LogP contribution in [0.4, 0.5) is 11.5 Å². The third-order valence-corrected chi connectivity index (χ3v) is 7.35. The van der Waals surface area contributed by atoms with Gasteiger partial charge < -0.3 is 16.0 Å². The number of pyridine rings is 1. The Labute approximate surface area is 198 Å². The Balaban J connectivity index is 1.61. The number of nitrogens with one attached hydrogen (secondary N) is 1. The number of aryl methyl sites for hydroxylation is 1. The summed E-state index contributed by atoms with van der Waals surface area (Å²) in [6.45, 7) is 9.00. The van der Waals surface area contributed by atoms with Crippen molar-refractivity contribution in [2.24, 2.45) is 17.8 Å². The molecule has 174 valence electrons. The zero-order valence-electron chi connectivity index (χ0n) is 19.5. The Morgan fingerprint density at radius 2 is 2.06 bits per heavy atom. The fourth-order valence-corrected chi connectivity index (χ4v) is 5.42. The van der Waals surface area contributed by atoms with Gasteiger partial charge in [0.25, 0.3) is 0 Å². The quantitative estimate of drug-likeness (QED) is 0.539. The van der Waals surface area contributed by atoms with Gasteiger partial charge in [-0.05, 0) is 66.8 Å². The van der Waals surface area contributed by atoms with Crippen molar-refractivity contribution < 1.29 is 9.59 Å². The van der Waals surface area contributed by atoms with Crippen LogP contribution in [-0.2, 0) is 9.59 Å². The Morgan fingerprint density at radius 3 is 2.79 bits per heavy atom. The van der Waals surface area contributed by atoms with Gasteiger partial charge in [0.1, 0.15) is 5.82 Å². The van der Waals surface area contributed by atoms with Crippen LogP contribution >= 0.6 is 11.3 Å². The molecule has 3 N–H and O–H groups in total. The van der Waals surface area contributed by atoms with Crippen LogP contribution in [0.15, 0.2) is 36.0 Å². The molecule has 1 aliphatic rings. The number of hydrogen-bond donors (Lipinski definition) is 2. The molecular formula is C25H31N5O2S. The van der Waals surface area contributed by atoms with Crippen LogP contribution in [0.25, 0.3) is 10.2 Å². The first-order chi connectivity index (χ1) is 15.7. The molecule has 4 rings (SSSR count). The summed E-state index contributed by atoms with van der Waals surface area (Å²) in [7, 11) is 0. The van der Waals surface area contributed by atoms with Gasteiger partial charge >= 0.3 is 11.8 Å². The first-order valence-electron chi connectivity index (χ1n) is 11.4. The van der Waals surface area contributed by atoms with Crippen molar-refractivity contribution in [3.8, 4) is 0 Å². The van der Waals surface area contributed by atoms with Crippen LogP contribution in [0.1, 0.15) is 50.8 Å². The van der Waals surface area contributed by atoms with Crippen LogP contribution in [-0.4, -0.2) is 33.2 Å². The largest absolute Gasteiger partial charge is 0.383 e. The van der Waals surface area contributed by atoms with Gasteiger partial charge in [-0.1, -0.05) is 26.8 Å². The maximum Gasteiger partial charge on any atom is 0.313 e. The summed E-state index contributed by atoms with van der Waals surface area (Å²) in [5.74, 6) is 0.586. The highest BCUT2D eigenvalue weighted by Crippen LogP contribution is 2.40. The molecule has 0 radical (unpaired) electrons. The van der Waals surface area contributed by atoms with Crippen LogP contribution in [0.2, 0.25) is 0 Å². The maximum atomic E-state index is 13.4. The van der Waals surface area contributed by atoms with E-state index in [0.29, 0.717) is 35.8 Å². The number of carbonyl (C=O) groups excluding carboxylic acids is 2. The number of rotatable bonds is 4. The van der Waals surface area contributed by atoms with E-state index in [2.05, 4.69) is 54.3 Å². The average Bonchev–Trinajstić information content (AvgIpc) is 3.24. The van der Waals surface area contributed by atoms with E-state index in [9.17, 15) is 9.59 Å². The summed E-state index contributed by atoms with van der Waals surface area (Å²) < 4.78 is 1.11. The van der Waals surface area contributed by atoms with Gasteiger partial charge in [0, 0.05) is 6.54 Å². The van der Waals surface area contributed by atoms with Gasteiger partial charge in [-0.2, -0.15) is 0 Å². The molecule has 0 spiro atoms. The number of nitrogens with zero attached hydrogens (tertiary/aromatic N) is 3. The predicted octanol–water partition coefficient (Wildman–Crippen LogP) is 4.79. The highest BCUT2D eigenvalue weighted by atomic mass is 32.1. The van der Waals surface area contributed by atoms with E-state index in [1.807, 2.05) is 12.4 Å². The smallest absolute Gasteiger partial charge is 0.313 e. The molecule has 33 heavy (non-hydrogen) atoms. The van der Waals surface area contributed by atoms with E-state index in [4.69, 9.17) is 5.73 Å². The molecule has 2 aromatic heterocycles. The topological polar surface area (TPSA) is 101 Å². The molecule has 3 aromatic rings. The lowest BCUT2D eigenvalue weighted by Crippen LogP contribution is -2.49. The predicted molar refractivity (Wildman–Crippen MR) is 133 cm³/mol. The molecule has 7 nitrogen and oxygen atoms in total.